The molecule has 118 valence electrons. The molecule has 1 aliphatic carbocycles. The van der Waals surface area contributed by atoms with E-state index in [1.54, 1.807) is 11.3 Å². The second-order valence-electron chi connectivity index (χ2n) is 6.79. The van der Waals surface area contributed by atoms with E-state index in [-0.39, 0.29) is 5.41 Å². The van der Waals surface area contributed by atoms with Gasteiger partial charge in [-0.25, -0.2) is 4.99 Å². The van der Waals surface area contributed by atoms with E-state index in [9.17, 15) is 0 Å². The highest BCUT2D eigenvalue weighted by molar-refractivity contribution is 7.11. The van der Waals surface area contributed by atoms with E-state index in [0.29, 0.717) is 18.5 Å². The normalized spacial score (nSPS) is 18.5. The summed E-state index contributed by atoms with van der Waals surface area (Å²) in [7, 11) is 0. The molecule has 1 aromatic heterocycles. The number of guanidine groups is 1. The molecule has 0 radical (unpaired) electrons. The maximum atomic E-state index is 5.99. The SMILES string of the molecule is CC(C)(C)c1nnc(CN=C(N)NC2CCCCCC2)s1. The number of nitrogens with zero attached hydrogens (tertiary/aromatic N) is 3. The van der Waals surface area contributed by atoms with Crippen LogP contribution in [0.2, 0.25) is 0 Å². The molecule has 6 heteroatoms. The Morgan fingerprint density at radius 1 is 1.24 bits per heavy atom. The first-order valence-corrected chi connectivity index (χ1v) is 8.66. The molecular formula is C15H27N5S. The van der Waals surface area contributed by atoms with Gasteiger partial charge in [-0.2, -0.15) is 0 Å². The highest BCUT2D eigenvalue weighted by Crippen LogP contribution is 2.25. The first-order chi connectivity index (χ1) is 9.95. The summed E-state index contributed by atoms with van der Waals surface area (Å²) in [6.07, 6.45) is 7.66. The van der Waals surface area contributed by atoms with Crippen LogP contribution >= 0.6 is 11.3 Å². The lowest BCUT2D eigenvalue weighted by atomic mass is 9.98. The molecule has 0 unspecified atom stereocenters. The first kappa shape index (κ1) is 16.2. The highest BCUT2D eigenvalue weighted by Gasteiger charge is 2.19. The highest BCUT2D eigenvalue weighted by atomic mass is 32.1. The van der Waals surface area contributed by atoms with E-state index in [4.69, 9.17) is 5.73 Å². The first-order valence-electron chi connectivity index (χ1n) is 7.84. The van der Waals surface area contributed by atoms with Crippen LogP contribution in [0, 0.1) is 0 Å². The van der Waals surface area contributed by atoms with Gasteiger partial charge in [0.05, 0.1) is 6.54 Å². The third kappa shape index (κ3) is 5.26. The monoisotopic (exact) mass is 309 g/mol. The van der Waals surface area contributed by atoms with Gasteiger partial charge in [-0.1, -0.05) is 57.8 Å². The molecule has 0 spiro atoms. The van der Waals surface area contributed by atoms with Crippen molar-refractivity contribution in [1.29, 1.82) is 0 Å². The van der Waals surface area contributed by atoms with Gasteiger partial charge in [-0.3, -0.25) is 0 Å². The minimum absolute atomic E-state index is 0.0454. The van der Waals surface area contributed by atoms with Crippen molar-refractivity contribution in [2.75, 3.05) is 0 Å². The van der Waals surface area contributed by atoms with Crippen molar-refractivity contribution in [3.8, 4) is 0 Å². The van der Waals surface area contributed by atoms with E-state index < -0.39 is 0 Å². The van der Waals surface area contributed by atoms with Crippen LogP contribution in [0.15, 0.2) is 4.99 Å². The van der Waals surface area contributed by atoms with Crippen molar-refractivity contribution in [1.82, 2.24) is 15.5 Å². The Bertz CT molecular complexity index is 467. The third-order valence-corrected chi connectivity index (χ3v) is 5.03. The van der Waals surface area contributed by atoms with Gasteiger partial charge in [0.25, 0.3) is 0 Å². The summed E-state index contributed by atoms with van der Waals surface area (Å²) in [6.45, 7) is 6.94. The largest absolute Gasteiger partial charge is 0.370 e. The van der Waals surface area contributed by atoms with Crippen LogP contribution in [-0.2, 0) is 12.0 Å². The van der Waals surface area contributed by atoms with E-state index in [1.165, 1.54) is 38.5 Å². The average Bonchev–Trinajstić information content (AvgIpc) is 2.76. The molecule has 1 aromatic rings. The predicted octanol–water partition coefficient (Wildman–Crippen LogP) is 2.96. The Labute approximate surface area is 131 Å². The number of nitrogens with one attached hydrogen (secondary N) is 1. The fourth-order valence-corrected chi connectivity index (χ4v) is 3.27. The van der Waals surface area contributed by atoms with Gasteiger partial charge < -0.3 is 11.1 Å². The number of nitrogens with two attached hydrogens (primary N) is 1. The zero-order valence-corrected chi connectivity index (χ0v) is 14.2. The van der Waals surface area contributed by atoms with Gasteiger partial charge >= 0.3 is 0 Å². The summed E-state index contributed by atoms with van der Waals surface area (Å²) in [5.74, 6) is 0.536. The Hall–Kier alpha value is -1.17. The number of hydrogen-bond donors (Lipinski definition) is 2. The van der Waals surface area contributed by atoms with Gasteiger partial charge in [-0.05, 0) is 12.8 Å². The van der Waals surface area contributed by atoms with Crippen LogP contribution in [0.4, 0.5) is 0 Å². The fourth-order valence-electron chi connectivity index (χ4n) is 2.45. The summed E-state index contributed by atoms with van der Waals surface area (Å²) >= 11 is 1.62. The van der Waals surface area contributed by atoms with Crippen molar-refractivity contribution in [3.63, 3.8) is 0 Å². The lowest BCUT2D eigenvalue weighted by Gasteiger charge is -2.16. The molecule has 0 aliphatic heterocycles. The van der Waals surface area contributed by atoms with Crippen LogP contribution in [0.5, 0.6) is 0 Å². The van der Waals surface area contributed by atoms with Gasteiger partial charge in [0.2, 0.25) is 0 Å². The van der Waals surface area contributed by atoms with Gasteiger partial charge in [-0.15, -0.1) is 10.2 Å². The van der Waals surface area contributed by atoms with Gasteiger partial charge in [0.15, 0.2) is 5.96 Å². The quantitative estimate of drug-likeness (QED) is 0.511. The molecule has 21 heavy (non-hydrogen) atoms. The van der Waals surface area contributed by atoms with E-state index in [0.717, 1.165) is 10.0 Å². The van der Waals surface area contributed by atoms with Crippen LogP contribution in [0.3, 0.4) is 0 Å². The van der Waals surface area contributed by atoms with Crippen molar-refractivity contribution in [2.24, 2.45) is 10.7 Å². The summed E-state index contributed by atoms with van der Waals surface area (Å²) in [6, 6.07) is 0.482. The molecule has 0 amide bonds. The Balaban J connectivity index is 1.86. The third-order valence-electron chi connectivity index (χ3n) is 3.70. The van der Waals surface area contributed by atoms with Crippen molar-refractivity contribution in [2.45, 2.75) is 77.3 Å². The maximum Gasteiger partial charge on any atom is 0.189 e. The van der Waals surface area contributed by atoms with Crippen molar-refractivity contribution < 1.29 is 0 Å². The summed E-state index contributed by atoms with van der Waals surface area (Å²) < 4.78 is 0. The molecule has 0 aromatic carbocycles. The molecule has 3 N–H and O–H groups in total. The zero-order valence-electron chi connectivity index (χ0n) is 13.4. The summed E-state index contributed by atoms with van der Waals surface area (Å²) in [5, 5.41) is 13.7. The molecule has 1 heterocycles. The average molecular weight is 309 g/mol. The Kier molecular flexibility index (Phi) is 5.56. The fraction of sp³-hybridized carbons (Fsp3) is 0.800. The van der Waals surface area contributed by atoms with Gasteiger partial charge in [0.1, 0.15) is 10.0 Å². The molecule has 1 aliphatic rings. The molecular weight excluding hydrogens is 282 g/mol. The zero-order chi connectivity index (χ0) is 15.3. The number of aromatic nitrogens is 2. The molecule has 0 bridgehead atoms. The second kappa shape index (κ2) is 7.20. The Morgan fingerprint density at radius 3 is 2.48 bits per heavy atom. The molecule has 1 fully saturated rings. The minimum atomic E-state index is 0.0454. The van der Waals surface area contributed by atoms with Crippen molar-refractivity contribution in [3.05, 3.63) is 10.0 Å². The maximum absolute atomic E-state index is 5.99. The molecule has 0 atom stereocenters. The van der Waals surface area contributed by atoms with E-state index >= 15 is 0 Å². The number of rotatable bonds is 3. The lowest BCUT2D eigenvalue weighted by Crippen LogP contribution is -2.39. The topological polar surface area (TPSA) is 76.2 Å². The van der Waals surface area contributed by atoms with E-state index in [1.807, 2.05) is 0 Å². The summed E-state index contributed by atoms with van der Waals surface area (Å²) in [4.78, 5) is 4.41. The number of aliphatic imine (C=N–C) groups is 1. The smallest absolute Gasteiger partial charge is 0.189 e. The lowest BCUT2D eigenvalue weighted by molar-refractivity contribution is 0.530. The molecule has 0 saturated heterocycles. The number of hydrogen-bond acceptors (Lipinski definition) is 4. The van der Waals surface area contributed by atoms with Crippen LogP contribution < -0.4 is 11.1 Å². The van der Waals surface area contributed by atoms with E-state index in [2.05, 4.69) is 41.3 Å². The van der Waals surface area contributed by atoms with Crippen LogP contribution in [0.25, 0.3) is 0 Å². The predicted molar refractivity (Wildman–Crippen MR) is 88.6 cm³/mol. The van der Waals surface area contributed by atoms with Gasteiger partial charge in [0, 0.05) is 11.5 Å². The molecule has 5 nitrogen and oxygen atoms in total. The second-order valence-corrected chi connectivity index (χ2v) is 7.85. The van der Waals surface area contributed by atoms with Crippen molar-refractivity contribution >= 4 is 17.3 Å². The minimum Gasteiger partial charge on any atom is -0.370 e. The Morgan fingerprint density at radius 2 is 1.90 bits per heavy atom. The van der Waals surface area contributed by atoms with Crippen LogP contribution in [0.1, 0.15) is 69.3 Å². The van der Waals surface area contributed by atoms with Crippen LogP contribution in [-0.4, -0.2) is 22.2 Å². The standard InChI is InChI=1S/C15H27N5S/c1-15(2,3)13-20-19-12(21-13)10-17-14(16)18-11-8-6-4-5-7-9-11/h11H,4-10H2,1-3H3,(H3,16,17,18). The molecule has 1 saturated carbocycles. The summed E-state index contributed by atoms with van der Waals surface area (Å²) in [5.41, 5.74) is 6.04. The molecule has 2 rings (SSSR count).